The Bertz CT molecular complexity index is 954. The lowest BCUT2D eigenvalue weighted by atomic mass is 10.0. The maximum atomic E-state index is 12.9. The maximum Gasteiger partial charge on any atom is 0.251 e. The Balaban J connectivity index is 1.58. The molecule has 7 heteroatoms. The molecule has 1 amide bonds. The quantitative estimate of drug-likeness (QED) is 0.666. The van der Waals surface area contributed by atoms with E-state index in [9.17, 15) is 13.2 Å². The van der Waals surface area contributed by atoms with E-state index in [2.05, 4.69) is 12.2 Å². The summed E-state index contributed by atoms with van der Waals surface area (Å²) in [7, 11) is -3.57. The molecule has 1 heterocycles. The van der Waals surface area contributed by atoms with Crippen LogP contribution in [0.4, 0.5) is 0 Å². The van der Waals surface area contributed by atoms with Crippen molar-refractivity contribution in [3.8, 4) is 0 Å². The molecule has 0 spiro atoms. The van der Waals surface area contributed by atoms with Gasteiger partial charge in [0.25, 0.3) is 5.91 Å². The first-order chi connectivity index (χ1) is 13.9. The average Bonchev–Trinajstić information content (AvgIpc) is 2.72. The molecule has 1 fully saturated rings. The van der Waals surface area contributed by atoms with E-state index < -0.39 is 10.0 Å². The summed E-state index contributed by atoms with van der Waals surface area (Å²) in [4.78, 5) is 12.7. The van der Waals surface area contributed by atoms with Crippen LogP contribution in [0.2, 0.25) is 5.02 Å². The minimum absolute atomic E-state index is 0.177. The number of nitrogens with one attached hydrogen (secondary N) is 1. The number of piperidine rings is 1. The van der Waals surface area contributed by atoms with Gasteiger partial charge in [0.2, 0.25) is 10.0 Å². The van der Waals surface area contributed by atoms with Gasteiger partial charge in [-0.05, 0) is 61.4 Å². The van der Waals surface area contributed by atoms with E-state index in [1.165, 1.54) is 10.4 Å². The lowest BCUT2D eigenvalue weighted by Crippen LogP contribution is -2.38. The van der Waals surface area contributed by atoms with E-state index in [1.807, 2.05) is 24.3 Å². The van der Waals surface area contributed by atoms with Crippen LogP contribution in [0.25, 0.3) is 0 Å². The summed E-state index contributed by atoms with van der Waals surface area (Å²) in [5, 5.41) is 3.59. The number of sulfonamides is 1. The van der Waals surface area contributed by atoms with E-state index in [4.69, 9.17) is 11.6 Å². The molecular formula is C22H27ClN2O3S. The number of amides is 1. The van der Waals surface area contributed by atoms with Crippen molar-refractivity contribution in [2.75, 3.05) is 19.6 Å². The normalized spacial score (nSPS) is 15.9. The molecule has 3 rings (SSSR count). The summed E-state index contributed by atoms with van der Waals surface area (Å²) in [6, 6.07) is 13.9. The van der Waals surface area contributed by atoms with E-state index >= 15 is 0 Å². The van der Waals surface area contributed by atoms with E-state index in [-0.39, 0.29) is 10.8 Å². The van der Waals surface area contributed by atoms with Gasteiger partial charge in [0.05, 0.1) is 4.90 Å². The number of aryl methyl sites for hydroxylation is 1. The van der Waals surface area contributed by atoms with Crippen LogP contribution in [0.15, 0.2) is 53.4 Å². The highest BCUT2D eigenvalue weighted by molar-refractivity contribution is 7.89. The number of carbonyl (C=O) groups excluding carboxylic acids is 1. The van der Waals surface area contributed by atoms with Crippen LogP contribution in [0, 0.1) is 5.92 Å². The Morgan fingerprint density at radius 1 is 1.14 bits per heavy atom. The summed E-state index contributed by atoms with van der Waals surface area (Å²) in [5.41, 5.74) is 1.40. The van der Waals surface area contributed by atoms with Gasteiger partial charge in [-0.25, -0.2) is 8.42 Å². The van der Waals surface area contributed by atoms with Gasteiger partial charge in [0.15, 0.2) is 0 Å². The zero-order chi connectivity index (χ0) is 20.9. The molecule has 0 radical (unpaired) electrons. The maximum absolute atomic E-state index is 12.9. The molecule has 0 aromatic heterocycles. The number of nitrogens with zero attached hydrogens (tertiary/aromatic N) is 1. The van der Waals surface area contributed by atoms with Gasteiger partial charge in [-0.1, -0.05) is 42.8 Å². The standard InChI is InChI=1S/C22H27ClN2O3S/c1-17-11-14-25(15-12-17)29(27,28)20-9-4-7-19(16-20)22(26)24-13-5-8-18-6-2-3-10-21(18)23/h2-4,6-7,9-10,16-17H,5,8,11-15H2,1H3,(H,24,26). The van der Waals surface area contributed by atoms with E-state index in [0.717, 1.165) is 36.3 Å². The van der Waals surface area contributed by atoms with Crippen molar-refractivity contribution in [2.45, 2.75) is 37.5 Å². The fourth-order valence-electron chi connectivity index (χ4n) is 3.46. The highest BCUT2D eigenvalue weighted by Crippen LogP contribution is 2.24. The predicted molar refractivity (Wildman–Crippen MR) is 116 cm³/mol. The van der Waals surface area contributed by atoms with Crippen molar-refractivity contribution in [1.29, 1.82) is 0 Å². The molecule has 0 bridgehead atoms. The number of benzene rings is 2. The molecule has 156 valence electrons. The topological polar surface area (TPSA) is 66.5 Å². The van der Waals surface area contributed by atoms with E-state index in [0.29, 0.717) is 31.1 Å². The van der Waals surface area contributed by atoms with Gasteiger partial charge in [-0.3, -0.25) is 4.79 Å². The first-order valence-corrected chi connectivity index (χ1v) is 11.8. The fourth-order valence-corrected chi connectivity index (χ4v) is 5.20. The summed E-state index contributed by atoms with van der Waals surface area (Å²) >= 11 is 6.15. The van der Waals surface area contributed by atoms with Crippen molar-refractivity contribution < 1.29 is 13.2 Å². The summed E-state index contributed by atoms with van der Waals surface area (Å²) < 4.78 is 27.3. The van der Waals surface area contributed by atoms with Crippen molar-refractivity contribution in [2.24, 2.45) is 5.92 Å². The monoisotopic (exact) mass is 434 g/mol. The first kappa shape index (κ1) is 21.8. The van der Waals surface area contributed by atoms with Gasteiger partial charge >= 0.3 is 0 Å². The number of hydrogen-bond acceptors (Lipinski definition) is 3. The number of halogens is 1. The zero-order valence-electron chi connectivity index (χ0n) is 16.6. The molecule has 1 aliphatic heterocycles. The Labute approximate surface area is 178 Å². The highest BCUT2D eigenvalue weighted by Gasteiger charge is 2.28. The van der Waals surface area contributed by atoms with Gasteiger partial charge in [0.1, 0.15) is 0 Å². The van der Waals surface area contributed by atoms with Crippen molar-refractivity contribution in [1.82, 2.24) is 9.62 Å². The molecule has 2 aromatic carbocycles. The second-order valence-electron chi connectivity index (χ2n) is 7.57. The summed E-state index contributed by atoms with van der Waals surface area (Å²) in [6.45, 7) is 3.69. The summed E-state index contributed by atoms with van der Waals surface area (Å²) in [6.07, 6.45) is 3.25. The second-order valence-corrected chi connectivity index (χ2v) is 9.91. The molecule has 0 unspecified atom stereocenters. The molecule has 0 atom stereocenters. The van der Waals surface area contributed by atoms with Crippen LogP contribution in [-0.2, 0) is 16.4 Å². The van der Waals surface area contributed by atoms with Gasteiger partial charge in [-0.2, -0.15) is 4.31 Å². The van der Waals surface area contributed by atoms with Crippen LogP contribution in [0.1, 0.15) is 42.1 Å². The van der Waals surface area contributed by atoms with Crippen LogP contribution >= 0.6 is 11.6 Å². The van der Waals surface area contributed by atoms with E-state index in [1.54, 1.807) is 18.2 Å². The third-order valence-corrected chi connectivity index (χ3v) is 7.61. The third kappa shape index (κ3) is 5.59. The van der Waals surface area contributed by atoms with Crippen molar-refractivity contribution in [3.05, 3.63) is 64.7 Å². The van der Waals surface area contributed by atoms with Crippen LogP contribution < -0.4 is 5.32 Å². The Morgan fingerprint density at radius 2 is 1.86 bits per heavy atom. The van der Waals surface area contributed by atoms with Crippen LogP contribution in [0.3, 0.4) is 0 Å². The number of hydrogen-bond donors (Lipinski definition) is 1. The molecule has 1 saturated heterocycles. The predicted octanol–water partition coefficient (Wildman–Crippen LogP) is 4.12. The molecule has 5 nitrogen and oxygen atoms in total. The number of rotatable bonds is 7. The second kappa shape index (κ2) is 9.74. The Morgan fingerprint density at radius 3 is 2.59 bits per heavy atom. The largest absolute Gasteiger partial charge is 0.352 e. The molecule has 1 N–H and O–H groups in total. The molecule has 0 saturated carbocycles. The SMILES string of the molecule is CC1CCN(S(=O)(=O)c2cccc(C(=O)NCCCc3ccccc3Cl)c2)CC1. The lowest BCUT2D eigenvalue weighted by Gasteiger charge is -2.29. The molecule has 2 aromatic rings. The van der Waals surface area contributed by atoms with Crippen LogP contribution in [0.5, 0.6) is 0 Å². The first-order valence-electron chi connectivity index (χ1n) is 10.00. The number of carbonyl (C=O) groups is 1. The molecule has 1 aliphatic rings. The average molecular weight is 435 g/mol. The van der Waals surface area contributed by atoms with Crippen molar-refractivity contribution in [3.63, 3.8) is 0 Å². The molecular weight excluding hydrogens is 408 g/mol. The molecule has 29 heavy (non-hydrogen) atoms. The lowest BCUT2D eigenvalue weighted by molar-refractivity contribution is 0.0953. The zero-order valence-corrected chi connectivity index (χ0v) is 18.2. The minimum atomic E-state index is -3.57. The van der Waals surface area contributed by atoms with Crippen molar-refractivity contribution >= 4 is 27.5 Å². The third-order valence-electron chi connectivity index (χ3n) is 5.34. The summed E-state index contributed by atoms with van der Waals surface area (Å²) in [5.74, 6) is 0.276. The molecule has 0 aliphatic carbocycles. The Kier molecular flexibility index (Phi) is 7.33. The van der Waals surface area contributed by atoms with Crippen LogP contribution in [-0.4, -0.2) is 38.3 Å². The van der Waals surface area contributed by atoms with Gasteiger partial charge in [-0.15, -0.1) is 0 Å². The smallest absolute Gasteiger partial charge is 0.251 e. The highest BCUT2D eigenvalue weighted by atomic mass is 35.5. The fraction of sp³-hybridized carbons (Fsp3) is 0.409. The Hall–Kier alpha value is -1.89. The minimum Gasteiger partial charge on any atom is -0.352 e. The van der Waals surface area contributed by atoms with Gasteiger partial charge < -0.3 is 5.32 Å². The van der Waals surface area contributed by atoms with Gasteiger partial charge in [0, 0.05) is 30.2 Å².